The number of rotatable bonds is 2. The molecule has 0 spiro atoms. The Morgan fingerprint density at radius 1 is 1.12 bits per heavy atom. The summed E-state index contributed by atoms with van der Waals surface area (Å²) in [6.45, 7) is 1.73. The molecule has 1 heterocycles. The smallest absolute Gasteiger partial charge is 0.132 e. The lowest BCUT2D eigenvalue weighted by molar-refractivity contribution is 0.203. The molecule has 4 heteroatoms. The van der Waals surface area contributed by atoms with Crippen molar-refractivity contribution in [1.29, 1.82) is 0 Å². The molecule has 1 aromatic carbocycles. The third-order valence-corrected chi connectivity index (χ3v) is 2.58. The molecule has 17 heavy (non-hydrogen) atoms. The second-order valence-electron chi connectivity index (χ2n) is 3.74. The van der Waals surface area contributed by atoms with Gasteiger partial charge in [0.05, 0.1) is 11.3 Å². The second-order valence-corrected chi connectivity index (χ2v) is 3.74. The Labute approximate surface area is 97.6 Å². The van der Waals surface area contributed by atoms with Gasteiger partial charge in [0, 0.05) is 6.20 Å². The fourth-order valence-corrected chi connectivity index (χ4v) is 1.69. The zero-order valence-corrected chi connectivity index (χ0v) is 9.19. The summed E-state index contributed by atoms with van der Waals surface area (Å²) in [5, 5.41) is 9.99. The molecule has 0 amide bonds. The van der Waals surface area contributed by atoms with Crippen molar-refractivity contribution in [2.45, 2.75) is 13.0 Å². The van der Waals surface area contributed by atoms with Crippen LogP contribution in [0.3, 0.4) is 0 Å². The SMILES string of the molecule is Cc1cccnc1C(O)c1c(F)cccc1F. The molecule has 2 aromatic rings. The zero-order chi connectivity index (χ0) is 12.4. The number of nitrogens with zero attached hydrogens (tertiary/aromatic N) is 1. The van der Waals surface area contributed by atoms with Crippen LogP contribution in [0.5, 0.6) is 0 Å². The molecule has 1 atom stereocenters. The van der Waals surface area contributed by atoms with Gasteiger partial charge < -0.3 is 5.11 Å². The molecule has 0 aliphatic rings. The molecular formula is C13H11F2NO. The van der Waals surface area contributed by atoms with Crippen molar-refractivity contribution in [2.75, 3.05) is 0 Å². The fraction of sp³-hybridized carbons (Fsp3) is 0.154. The van der Waals surface area contributed by atoms with Gasteiger partial charge in [0.2, 0.25) is 0 Å². The monoisotopic (exact) mass is 235 g/mol. The van der Waals surface area contributed by atoms with Gasteiger partial charge in [-0.05, 0) is 30.7 Å². The summed E-state index contributed by atoms with van der Waals surface area (Å²) in [5.41, 5.74) is 0.577. The summed E-state index contributed by atoms with van der Waals surface area (Å²) in [7, 11) is 0. The van der Waals surface area contributed by atoms with Crippen LogP contribution in [-0.4, -0.2) is 10.1 Å². The van der Waals surface area contributed by atoms with E-state index >= 15 is 0 Å². The van der Waals surface area contributed by atoms with Gasteiger partial charge >= 0.3 is 0 Å². The van der Waals surface area contributed by atoms with Crippen LogP contribution in [0, 0.1) is 18.6 Å². The van der Waals surface area contributed by atoms with Crippen molar-refractivity contribution in [1.82, 2.24) is 4.98 Å². The minimum absolute atomic E-state index is 0.261. The van der Waals surface area contributed by atoms with E-state index in [1.807, 2.05) is 0 Å². The van der Waals surface area contributed by atoms with Crippen LogP contribution in [0.15, 0.2) is 36.5 Å². The molecular weight excluding hydrogens is 224 g/mol. The van der Waals surface area contributed by atoms with E-state index in [1.165, 1.54) is 12.3 Å². The average molecular weight is 235 g/mol. The number of aryl methyl sites for hydroxylation is 1. The lowest BCUT2D eigenvalue weighted by atomic mass is 10.0. The van der Waals surface area contributed by atoms with E-state index in [1.54, 1.807) is 19.1 Å². The Kier molecular flexibility index (Phi) is 3.15. The van der Waals surface area contributed by atoms with Crippen molar-refractivity contribution < 1.29 is 13.9 Å². The minimum Gasteiger partial charge on any atom is -0.382 e. The van der Waals surface area contributed by atoms with Gasteiger partial charge in [0.25, 0.3) is 0 Å². The van der Waals surface area contributed by atoms with Crippen molar-refractivity contribution >= 4 is 0 Å². The largest absolute Gasteiger partial charge is 0.382 e. The molecule has 0 fully saturated rings. The molecule has 0 saturated carbocycles. The van der Waals surface area contributed by atoms with Gasteiger partial charge in [-0.25, -0.2) is 8.78 Å². The highest BCUT2D eigenvalue weighted by atomic mass is 19.1. The Morgan fingerprint density at radius 3 is 2.35 bits per heavy atom. The Hall–Kier alpha value is -1.81. The number of pyridine rings is 1. The van der Waals surface area contributed by atoms with Gasteiger partial charge in [0.1, 0.15) is 17.7 Å². The van der Waals surface area contributed by atoms with Gasteiger partial charge in [-0.2, -0.15) is 0 Å². The van der Waals surface area contributed by atoms with E-state index < -0.39 is 17.7 Å². The Balaban J connectivity index is 2.51. The van der Waals surface area contributed by atoms with E-state index in [0.29, 0.717) is 5.56 Å². The van der Waals surface area contributed by atoms with E-state index in [9.17, 15) is 13.9 Å². The van der Waals surface area contributed by atoms with E-state index in [4.69, 9.17) is 0 Å². The van der Waals surface area contributed by atoms with Crippen LogP contribution in [0.25, 0.3) is 0 Å². The van der Waals surface area contributed by atoms with Gasteiger partial charge in [-0.3, -0.25) is 4.98 Å². The first-order chi connectivity index (χ1) is 8.11. The number of aliphatic hydroxyl groups is 1. The summed E-state index contributed by atoms with van der Waals surface area (Å²) < 4.78 is 27.0. The van der Waals surface area contributed by atoms with Gasteiger partial charge in [-0.15, -0.1) is 0 Å². The molecule has 0 radical (unpaired) electrons. The highest BCUT2D eigenvalue weighted by Gasteiger charge is 2.21. The summed E-state index contributed by atoms with van der Waals surface area (Å²) in [4.78, 5) is 3.95. The van der Waals surface area contributed by atoms with Crippen LogP contribution in [0.1, 0.15) is 22.9 Å². The second kappa shape index (κ2) is 4.59. The normalized spacial score (nSPS) is 12.5. The summed E-state index contributed by atoms with van der Waals surface area (Å²) in [6.07, 6.45) is 0.0852. The molecule has 0 saturated heterocycles. The molecule has 0 bridgehead atoms. The van der Waals surface area contributed by atoms with Gasteiger partial charge in [0.15, 0.2) is 0 Å². The predicted molar refractivity (Wildman–Crippen MR) is 59.4 cm³/mol. The maximum absolute atomic E-state index is 13.5. The van der Waals surface area contributed by atoms with E-state index in [-0.39, 0.29) is 11.3 Å². The van der Waals surface area contributed by atoms with Crippen LogP contribution in [0.2, 0.25) is 0 Å². The van der Waals surface area contributed by atoms with E-state index in [2.05, 4.69) is 4.98 Å². The van der Waals surface area contributed by atoms with Gasteiger partial charge in [-0.1, -0.05) is 12.1 Å². The van der Waals surface area contributed by atoms with Crippen molar-refractivity contribution in [3.63, 3.8) is 0 Å². The summed E-state index contributed by atoms with van der Waals surface area (Å²) in [5.74, 6) is -1.55. The molecule has 1 N–H and O–H groups in total. The lowest BCUT2D eigenvalue weighted by Gasteiger charge is -2.14. The highest BCUT2D eigenvalue weighted by Crippen LogP contribution is 2.27. The number of hydrogen-bond donors (Lipinski definition) is 1. The average Bonchev–Trinajstić information content (AvgIpc) is 2.29. The minimum atomic E-state index is -1.39. The maximum Gasteiger partial charge on any atom is 0.132 e. The van der Waals surface area contributed by atoms with E-state index in [0.717, 1.165) is 12.1 Å². The van der Waals surface area contributed by atoms with Crippen LogP contribution in [-0.2, 0) is 0 Å². The first-order valence-corrected chi connectivity index (χ1v) is 5.14. The quantitative estimate of drug-likeness (QED) is 0.868. The summed E-state index contributed by atoms with van der Waals surface area (Å²) in [6, 6.07) is 6.90. The molecule has 0 aliphatic heterocycles. The fourth-order valence-electron chi connectivity index (χ4n) is 1.69. The first-order valence-electron chi connectivity index (χ1n) is 5.14. The third kappa shape index (κ3) is 2.17. The third-order valence-electron chi connectivity index (χ3n) is 2.58. The molecule has 2 nitrogen and oxygen atoms in total. The maximum atomic E-state index is 13.5. The lowest BCUT2D eigenvalue weighted by Crippen LogP contribution is -2.09. The predicted octanol–water partition coefficient (Wildman–Crippen LogP) is 2.75. The molecule has 1 aromatic heterocycles. The summed E-state index contributed by atoms with van der Waals surface area (Å²) >= 11 is 0. The zero-order valence-electron chi connectivity index (χ0n) is 9.19. The molecule has 0 aliphatic carbocycles. The highest BCUT2D eigenvalue weighted by molar-refractivity contribution is 5.32. The number of hydrogen-bond acceptors (Lipinski definition) is 2. The van der Waals surface area contributed by atoms with Crippen molar-refractivity contribution in [2.24, 2.45) is 0 Å². The first kappa shape index (κ1) is 11.7. The van der Waals surface area contributed by atoms with Crippen LogP contribution >= 0.6 is 0 Å². The number of halogens is 2. The topological polar surface area (TPSA) is 33.1 Å². The number of benzene rings is 1. The molecule has 2 rings (SSSR count). The standard InChI is InChI=1S/C13H11F2NO/c1-8-4-3-7-16-12(8)13(17)11-9(14)5-2-6-10(11)15/h2-7,13,17H,1H3. The van der Waals surface area contributed by atoms with Crippen LogP contribution < -0.4 is 0 Å². The molecule has 1 unspecified atom stereocenters. The van der Waals surface area contributed by atoms with Crippen molar-refractivity contribution in [3.05, 3.63) is 65.0 Å². The van der Waals surface area contributed by atoms with Crippen molar-refractivity contribution in [3.8, 4) is 0 Å². The van der Waals surface area contributed by atoms with Crippen LogP contribution in [0.4, 0.5) is 8.78 Å². The number of aromatic nitrogens is 1. The number of aliphatic hydroxyl groups excluding tert-OH is 1. The Morgan fingerprint density at radius 2 is 1.76 bits per heavy atom. The Bertz CT molecular complexity index is 522. The molecule has 88 valence electrons.